The highest BCUT2D eigenvalue weighted by molar-refractivity contribution is 6.35. The fourth-order valence-corrected chi connectivity index (χ4v) is 3.75. The molecule has 1 unspecified atom stereocenters. The fraction of sp³-hybridized carbons (Fsp3) is 0.417. The molecule has 0 spiro atoms. The Bertz CT molecular complexity index is 771. The Morgan fingerprint density at radius 2 is 1.59 bits per heavy atom. The number of piperidine rings is 1. The molecule has 0 radical (unpaired) electrons. The van der Waals surface area contributed by atoms with Gasteiger partial charge in [0, 0.05) is 13.1 Å². The topological polar surface area (TPSA) is 61.4 Å². The van der Waals surface area contributed by atoms with Crippen molar-refractivity contribution in [1.82, 2.24) is 15.5 Å². The molecule has 1 aliphatic heterocycles. The summed E-state index contributed by atoms with van der Waals surface area (Å²) in [5.74, 6) is -0.674. The minimum atomic E-state index is -0.568. The van der Waals surface area contributed by atoms with Crippen molar-refractivity contribution in [1.29, 1.82) is 0 Å². The van der Waals surface area contributed by atoms with Crippen molar-refractivity contribution in [2.45, 2.75) is 32.2 Å². The van der Waals surface area contributed by atoms with Crippen LogP contribution in [0.4, 0.5) is 0 Å². The third-order valence-corrected chi connectivity index (χ3v) is 5.67. The maximum absolute atomic E-state index is 12.1. The molecule has 0 bridgehead atoms. The summed E-state index contributed by atoms with van der Waals surface area (Å²) >= 11 is 0. The van der Waals surface area contributed by atoms with Crippen LogP contribution in [-0.2, 0) is 16.0 Å². The molecule has 154 valence electrons. The molecular weight excluding hydrogens is 362 g/mol. The average molecular weight is 394 g/mol. The highest BCUT2D eigenvalue weighted by Gasteiger charge is 2.22. The second kappa shape index (κ2) is 10.8. The lowest BCUT2D eigenvalue weighted by molar-refractivity contribution is -0.139. The van der Waals surface area contributed by atoms with Gasteiger partial charge in [-0.25, -0.2) is 0 Å². The van der Waals surface area contributed by atoms with E-state index in [9.17, 15) is 9.59 Å². The molecule has 0 aliphatic carbocycles. The summed E-state index contributed by atoms with van der Waals surface area (Å²) in [4.78, 5) is 26.8. The van der Waals surface area contributed by atoms with Crippen molar-refractivity contribution in [2.75, 3.05) is 26.2 Å². The van der Waals surface area contributed by atoms with Crippen LogP contribution in [0, 0.1) is 5.92 Å². The number of likely N-dealkylation sites (tertiary alicyclic amines) is 1. The fourth-order valence-electron chi connectivity index (χ4n) is 3.75. The molecule has 1 heterocycles. The van der Waals surface area contributed by atoms with E-state index in [1.54, 1.807) is 0 Å². The number of hydrogen-bond acceptors (Lipinski definition) is 3. The molecule has 5 heteroatoms. The molecule has 5 nitrogen and oxygen atoms in total. The summed E-state index contributed by atoms with van der Waals surface area (Å²) in [6.07, 6.45) is 3.18. The number of hydrogen-bond donors (Lipinski definition) is 2. The molecule has 2 amide bonds. The van der Waals surface area contributed by atoms with Gasteiger partial charge in [-0.3, -0.25) is 9.59 Å². The molecule has 2 N–H and O–H groups in total. The van der Waals surface area contributed by atoms with Crippen LogP contribution in [0.5, 0.6) is 0 Å². The predicted octanol–water partition coefficient (Wildman–Crippen LogP) is 2.93. The van der Waals surface area contributed by atoms with Gasteiger partial charge >= 0.3 is 11.8 Å². The zero-order valence-electron chi connectivity index (χ0n) is 17.1. The molecule has 1 aliphatic rings. The van der Waals surface area contributed by atoms with Crippen LogP contribution in [0.25, 0.3) is 0 Å². The Morgan fingerprint density at radius 1 is 0.966 bits per heavy atom. The van der Waals surface area contributed by atoms with Crippen molar-refractivity contribution in [3.63, 3.8) is 0 Å². The lowest BCUT2D eigenvalue weighted by Crippen LogP contribution is -2.44. The summed E-state index contributed by atoms with van der Waals surface area (Å²) in [7, 11) is 0. The minimum absolute atomic E-state index is 0.192. The molecular formula is C24H31N3O2. The Hall–Kier alpha value is -2.66. The predicted molar refractivity (Wildman–Crippen MR) is 115 cm³/mol. The van der Waals surface area contributed by atoms with E-state index in [0.29, 0.717) is 12.5 Å². The minimum Gasteiger partial charge on any atom is -0.348 e. The zero-order chi connectivity index (χ0) is 20.5. The van der Waals surface area contributed by atoms with Crippen molar-refractivity contribution in [3.05, 3.63) is 71.8 Å². The first-order valence-electron chi connectivity index (χ1n) is 10.5. The highest BCUT2D eigenvalue weighted by Crippen LogP contribution is 2.17. The second-order valence-electron chi connectivity index (χ2n) is 7.84. The first-order chi connectivity index (χ1) is 14.1. The molecule has 0 saturated carbocycles. The van der Waals surface area contributed by atoms with Gasteiger partial charge < -0.3 is 15.5 Å². The average Bonchev–Trinajstić information content (AvgIpc) is 2.78. The van der Waals surface area contributed by atoms with E-state index in [0.717, 1.165) is 44.5 Å². The summed E-state index contributed by atoms with van der Waals surface area (Å²) in [5, 5.41) is 5.58. The molecule has 29 heavy (non-hydrogen) atoms. The van der Waals surface area contributed by atoms with Gasteiger partial charge in [0.15, 0.2) is 0 Å². The quantitative estimate of drug-likeness (QED) is 0.711. The summed E-state index contributed by atoms with van der Waals surface area (Å²) < 4.78 is 0. The monoisotopic (exact) mass is 393 g/mol. The van der Waals surface area contributed by atoms with E-state index in [1.165, 1.54) is 5.56 Å². The van der Waals surface area contributed by atoms with Crippen LogP contribution in [0.3, 0.4) is 0 Å². The van der Waals surface area contributed by atoms with Crippen LogP contribution in [-0.4, -0.2) is 42.9 Å². The van der Waals surface area contributed by atoms with Crippen molar-refractivity contribution in [2.24, 2.45) is 5.92 Å². The van der Waals surface area contributed by atoms with E-state index >= 15 is 0 Å². The largest absolute Gasteiger partial charge is 0.348 e. The van der Waals surface area contributed by atoms with Crippen molar-refractivity contribution >= 4 is 11.8 Å². The lowest BCUT2D eigenvalue weighted by atomic mass is 9.96. The van der Waals surface area contributed by atoms with Crippen molar-refractivity contribution in [3.8, 4) is 0 Å². The molecule has 2 aromatic rings. The van der Waals surface area contributed by atoms with Gasteiger partial charge in [0.2, 0.25) is 0 Å². The van der Waals surface area contributed by atoms with Gasteiger partial charge in [-0.15, -0.1) is 0 Å². The van der Waals surface area contributed by atoms with E-state index in [4.69, 9.17) is 0 Å². The molecule has 2 aromatic carbocycles. The highest BCUT2D eigenvalue weighted by atomic mass is 16.2. The van der Waals surface area contributed by atoms with E-state index in [1.807, 2.05) is 43.3 Å². The van der Waals surface area contributed by atoms with Gasteiger partial charge in [0.25, 0.3) is 0 Å². The number of benzene rings is 2. The standard InChI is InChI=1S/C24H31N3O2/c1-19(22-10-6-3-7-11-22)26-24(29)23(28)25-18-21-13-16-27(17-14-21)15-12-20-8-4-2-5-9-20/h2-11,19,21H,12-18H2,1H3,(H,25,28)(H,26,29). The Balaban J connectivity index is 1.33. The van der Waals surface area contributed by atoms with E-state index in [2.05, 4.69) is 39.8 Å². The van der Waals surface area contributed by atoms with Crippen LogP contribution in [0.2, 0.25) is 0 Å². The third-order valence-electron chi connectivity index (χ3n) is 5.67. The lowest BCUT2D eigenvalue weighted by Gasteiger charge is -2.32. The number of amides is 2. The number of nitrogens with zero attached hydrogens (tertiary/aromatic N) is 1. The van der Waals surface area contributed by atoms with Crippen LogP contribution >= 0.6 is 0 Å². The van der Waals surface area contributed by atoms with Crippen LogP contribution < -0.4 is 10.6 Å². The molecule has 1 atom stereocenters. The third kappa shape index (κ3) is 6.71. The van der Waals surface area contributed by atoms with Gasteiger partial charge in [-0.2, -0.15) is 0 Å². The Kier molecular flexibility index (Phi) is 7.82. The number of rotatable bonds is 7. The summed E-state index contributed by atoms with van der Waals surface area (Å²) in [6, 6.07) is 20.0. The maximum Gasteiger partial charge on any atom is 0.309 e. The summed E-state index contributed by atoms with van der Waals surface area (Å²) in [6.45, 7) is 5.61. The van der Waals surface area contributed by atoms with Crippen LogP contribution in [0.15, 0.2) is 60.7 Å². The number of carbonyl (C=O) groups is 2. The van der Waals surface area contributed by atoms with Gasteiger partial charge in [0.1, 0.15) is 0 Å². The second-order valence-corrected chi connectivity index (χ2v) is 7.84. The van der Waals surface area contributed by atoms with Gasteiger partial charge in [-0.05, 0) is 56.3 Å². The van der Waals surface area contributed by atoms with Crippen molar-refractivity contribution < 1.29 is 9.59 Å². The first-order valence-corrected chi connectivity index (χ1v) is 10.5. The SMILES string of the molecule is CC(NC(=O)C(=O)NCC1CCN(CCc2ccccc2)CC1)c1ccccc1. The molecule has 3 rings (SSSR count). The summed E-state index contributed by atoms with van der Waals surface area (Å²) in [5.41, 5.74) is 2.36. The van der Waals surface area contributed by atoms with E-state index in [-0.39, 0.29) is 6.04 Å². The van der Waals surface area contributed by atoms with E-state index < -0.39 is 11.8 Å². The van der Waals surface area contributed by atoms with Gasteiger partial charge in [-0.1, -0.05) is 60.7 Å². The number of nitrogens with one attached hydrogen (secondary N) is 2. The Morgan fingerprint density at radius 3 is 2.24 bits per heavy atom. The number of carbonyl (C=O) groups excluding carboxylic acids is 2. The normalized spacial score (nSPS) is 16.2. The smallest absolute Gasteiger partial charge is 0.309 e. The maximum atomic E-state index is 12.1. The molecule has 1 fully saturated rings. The first kappa shape index (κ1) is 21.1. The van der Waals surface area contributed by atoms with Crippen LogP contribution in [0.1, 0.15) is 36.9 Å². The molecule has 1 saturated heterocycles. The zero-order valence-corrected chi connectivity index (χ0v) is 17.1. The van der Waals surface area contributed by atoms with Gasteiger partial charge in [0.05, 0.1) is 6.04 Å². The molecule has 0 aromatic heterocycles. The Labute approximate surface area is 173 Å².